The highest BCUT2D eigenvalue weighted by molar-refractivity contribution is 14.1. The van der Waals surface area contributed by atoms with E-state index in [0.717, 1.165) is 14.7 Å². The molecule has 0 bridgehead atoms. The fraction of sp³-hybridized carbons (Fsp3) is 0.0667. The Morgan fingerprint density at radius 1 is 1.29 bits per heavy atom. The molecule has 0 atom stereocenters. The van der Waals surface area contributed by atoms with E-state index >= 15 is 0 Å². The summed E-state index contributed by atoms with van der Waals surface area (Å²) < 4.78 is 0.853. The Hall–Kier alpha value is -1.18. The van der Waals surface area contributed by atoms with E-state index in [1.54, 1.807) is 12.1 Å². The molecule has 0 radical (unpaired) electrons. The van der Waals surface area contributed by atoms with Crippen molar-refractivity contribution < 1.29 is 4.79 Å². The molecule has 2 aromatic carbocycles. The lowest BCUT2D eigenvalue weighted by Crippen LogP contribution is -2.24. The Labute approximate surface area is 147 Å². The van der Waals surface area contributed by atoms with Gasteiger partial charge in [-0.3, -0.25) is 4.79 Å². The topological polar surface area (TPSA) is 55.1 Å². The van der Waals surface area contributed by atoms with Crippen molar-refractivity contribution in [3.05, 3.63) is 67.7 Å². The number of nitrogens with two attached hydrogens (primary N) is 1. The number of hydrogen-bond acceptors (Lipinski definition) is 2. The van der Waals surface area contributed by atoms with Crippen LogP contribution in [0.15, 0.2) is 42.5 Å². The SMILES string of the molecule is NC(=S)c1cccc(CNC(=O)c2cc(Cl)ccc2I)c1. The van der Waals surface area contributed by atoms with Crippen LogP contribution in [0.5, 0.6) is 0 Å². The number of nitrogens with one attached hydrogen (secondary N) is 1. The fourth-order valence-electron chi connectivity index (χ4n) is 1.78. The van der Waals surface area contributed by atoms with Crippen molar-refractivity contribution in [3.8, 4) is 0 Å². The minimum Gasteiger partial charge on any atom is -0.389 e. The van der Waals surface area contributed by atoms with E-state index in [9.17, 15) is 4.79 Å². The first kappa shape index (κ1) is 16.2. The van der Waals surface area contributed by atoms with Crippen molar-refractivity contribution in [2.24, 2.45) is 5.73 Å². The Morgan fingerprint density at radius 2 is 2.05 bits per heavy atom. The Morgan fingerprint density at radius 3 is 2.76 bits per heavy atom. The van der Waals surface area contributed by atoms with Crippen molar-refractivity contribution in [1.82, 2.24) is 5.32 Å². The number of hydrogen-bond donors (Lipinski definition) is 2. The molecule has 0 aliphatic heterocycles. The van der Waals surface area contributed by atoms with Gasteiger partial charge in [-0.1, -0.05) is 42.0 Å². The number of amides is 1. The predicted molar refractivity (Wildman–Crippen MR) is 97.7 cm³/mol. The van der Waals surface area contributed by atoms with Gasteiger partial charge in [-0.2, -0.15) is 0 Å². The predicted octanol–water partition coefficient (Wildman–Crippen LogP) is 3.51. The van der Waals surface area contributed by atoms with Crippen LogP contribution in [-0.2, 0) is 6.54 Å². The summed E-state index contributed by atoms with van der Waals surface area (Å²) in [6, 6.07) is 12.7. The molecule has 0 fully saturated rings. The summed E-state index contributed by atoms with van der Waals surface area (Å²) >= 11 is 13.0. The molecule has 0 aliphatic carbocycles. The van der Waals surface area contributed by atoms with E-state index in [1.807, 2.05) is 30.3 Å². The van der Waals surface area contributed by atoms with Crippen molar-refractivity contribution in [1.29, 1.82) is 0 Å². The van der Waals surface area contributed by atoms with Gasteiger partial charge in [-0.05, 0) is 52.4 Å². The molecule has 3 nitrogen and oxygen atoms in total. The molecule has 3 N–H and O–H groups in total. The molecule has 108 valence electrons. The lowest BCUT2D eigenvalue weighted by Gasteiger charge is -2.08. The van der Waals surface area contributed by atoms with Crippen molar-refractivity contribution in [2.75, 3.05) is 0 Å². The first-order valence-electron chi connectivity index (χ1n) is 6.09. The van der Waals surface area contributed by atoms with Gasteiger partial charge < -0.3 is 11.1 Å². The second-order valence-corrected chi connectivity index (χ2v) is 6.41. The highest BCUT2D eigenvalue weighted by Crippen LogP contribution is 2.18. The molecule has 1 amide bonds. The molecule has 0 aromatic heterocycles. The van der Waals surface area contributed by atoms with Gasteiger partial charge in [-0.15, -0.1) is 0 Å². The lowest BCUT2D eigenvalue weighted by atomic mass is 10.1. The van der Waals surface area contributed by atoms with Gasteiger partial charge in [0.05, 0.1) is 5.56 Å². The highest BCUT2D eigenvalue weighted by atomic mass is 127. The summed E-state index contributed by atoms with van der Waals surface area (Å²) in [7, 11) is 0. The third-order valence-corrected chi connectivity index (χ3v) is 4.25. The molecule has 0 saturated carbocycles. The lowest BCUT2D eigenvalue weighted by molar-refractivity contribution is 0.0950. The fourth-order valence-corrected chi connectivity index (χ4v) is 2.66. The Bertz CT molecular complexity index is 706. The molecular weight excluding hydrogens is 419 g/mol. The first-order chi connectivity index (χ1) is 9.97. The molecule has 2 aromatic rings. The molecule has 0 spiro atoms. The Balaban J connectivity index is 2.09. The number of rotatable bonds is 4. The van der Waals surface area contributed by atoms with Gasteiger partial charge in [0.1, 0.15) is 4.99 Å². The average molecular weight is 431 g/mol. The minimum atomic E-state index is -0.164. The van der Waals surface area contributed by atoms with Gasteiger partial charge in [-0.25, -0.2) is 0 Å². The third kappa shape index (κ3) is 4.39. The largest absolute Gasteiger partial charge is 0.389 e. The van der Waals surface area contributed by atoms with Gasteiger partial charge in [0, 0.05) is 20.7 Å². The third-order valence-electron chi connectivity index (χ3n) is 2.84. The van der Waals surface area contributed by atoms with Crippen LogP contribution in [0.4, 0.5) is 0 Å². The van der Waals surface area contributed by atoms with Gasteiger partial charge in [0.25, 0.3) is 5.91 Å². The highest BCUT2D eigenvalue weighted by Gasteiger charge is 2.10. The van der Waals surface area contributed by atoms with Crippen LogP contribution < -0.4 is 11.1 Å². The Kier molecular flexibility index (Phi) is 5.55. The molecule has 6 heteroatoms. The normalized spacial score (nSPS) is 10.2. The summed E-state index contributed by atoms with van der Waals surface area (Å²) in [6.07, 6.45) is 0. The average Bonchev–Trinajstić information content (AvgIpc) is 2.47. The van der Waals surface area contributed by atoms with E-state index in [2.05, 4.69) is 27.9 Å². The molecule has 2 rings (SSSR count). The standard InChI is InChI=1S/C15H12ClIN2OS/c16-11-4-5-13(17)12(7-11)15(20)19-8-9-2-1-3-10(6-9)14(18)21/h1-7H,8H2,(H2,18,21)(H,19,20). The summed E-state index contributed by atoms with van der Waals surface area (Å²) in [6.45, 7) is 0.401. The maximum atomic E-state index is 12.2. The zero-order chi connectivity index (χ0) is 15.4. The summed E-state index contributed by atoms with van der Waals surface area (Å²) in [4.78, 5) is 12.5. The van der Waals surface area contributed by atoms with Crippen LogP contribution >= 0.6 is 46.4 Å². The number of benzene rings is 2. The molecule has 0 heterocycles. The number of halogens is 2. The first-order valence-corrected chi connectivity index (χ1v) is 7.96. The molecule has 21 heavy (non-hydrogen) atoms. The van der Waals surface area contributed by atoms with Crippen LogP contribution in [0, 0.1) is 3.57 Å². The maximum absolute atomic E-state index is 12.2. The second kappa shape index (κ2) is 7.20. The number of carbonyl (C=O) groups is 1. The monoisotopic (exact) mass is 430 g/mol. The summed E-state index contributed by atoms with van der Waals surface area (Å²) in [5, 5.41) is 3.40. The molecule has 0 unspecified atom stereocenters. The zero-order valence-corrected chi connectivity index (χ0v) is 14.6. The van der Waals surface area contributed by atoms with Gasteiger partial charge in [0.15, 0.2) is 0 Å². The number of carbonyl (C=O) groups excluding carboxylic acids is 1. The maximum Gasteiger partial charge on any atom is 0.252 e. The number of thiocarbonyl (C=S) groups is 1. The van der Waals surface area contributed by atoms with Crippen LogP contribution in [0.2, 0.25) is 5.02 Å². The van der Waals surface area contributed by atoms with E-state index < -0.39 is 0 Å². The van der Waals surface area contributed by atoms with Crippen molar-refractivity contribution in [3.63, 3.8) is 0 Å². The van der Waals surface area contributed by atoms with Crippen molar-refractivity contribution in [2.45, 2.75) is 6.54 Å². The molecule has 0 aliphatic rings. The summed E-state index contributed by atoms with van der Waals surface area (Å²) in [5.74, 6) is -0.164. The van der Waals surface area contributed by atoms with Gasteiger partial charge in [0.2, 0.25) is 0 Å². The van der Waals surface area contributed by atoms with E-state index in [0.29, 0.717) is 22.1 Å². The quantitative estimate of drug-likeness (QED) is 0.576. The van der Waals surface area contributed by atoms with E-state index in [4.69, 9.17) is 29.6 Å². The van der Waals surface area contributed by atoms with E-state index in [1.165, 1.54) is 0 Å². The zero-order valence-electron chi connectivity index (χ0n) is 10.9. The summed E-state index contributed by atoms with van der Waals surface area (Å²) in [5.41, 5.74) is 7.88. The van der Waals surface area contributed by atoms with E-state index in [-0.39, 0.29) is 5.91 Å². The van der Waals surface area contributed by atoms with Crippen LogP contribution in [0.1, 0.15) is 21.5 Å². The smallest absolute Gasteiger partial charge is 0.252 e. The molecule has 0 saturated heterocycles. The van der Waals surface area contributed by atoms with Crippen LogP contribution in [-0.4, -0.2) is 10.9 Å². The second-order valence-electron chi connectivity index (χ2n) is 4.37. The van der Waals surface area contributed by atoms with Crippen molar-refractivity contribution >= 4 is 57.3 Å². The van der Waals surface area contributed by atoms with Gasteiger partial charge >= 0.3 is 0 Å². The molecular formula is C15H12ClIN2OS. The minimum absolute atomic E-state index is 0.164. The van der Waals surface area contributed by atoms with Crippen LogP contribution in [0.3, 0.4) is 0 Å². The van der Waals surface area contributed by atoms with Crippen LogP contribution in [0.25, 0.3) is 0 Å².